The van der Waals surface area contributed by atoms with Crippen LogP contribution in [0.1, 0.15) is 45.7 Å². The number of carbonyl (C=O) groups is 3. The summed E-state index contributed by atoms with van der Waals surface area (Å²) in [5.74, 6) is -0.500. The first kappa shape index (κ1) is 17.7. The van der Waals surface area contributed by atoms with Gasteiger partial charge in [0.2, 0.25) is 5.91 Å². The van der Waals surface area contributed by atoms with E-state index in [4.69, 9.17) is 4.74 Å². The minimum absolute atomic E-state index is 0.205. The molecule has 3 amide bonds. The van der Waals surface area contributed by atoms with Crippen LogP contribution in [0.3, 0.4) is 0 Å². The van der Waals surface area contributed by atoms with Gasteiger partial charge in [0, 0.05) is 0 Å². The molecule has 6 nitrogen and oxygen atoms in total. The van der Waals surface area contributed by atoms with Gasteiger partial charge in [0.15, 0.2) is 0 Å². The van der Waals surface area contributed by atoms with Crippen molar-refractivity contribution in [3.63, 3.8) is 0 Å². The topological polar surface area (TPSA) is 75.7 Å². The molecule has 1 atom stereocenters. The predicted molar refractivity (Wildman–Crippen MR) is 96.0 cm³/mol. The standard InChI is InChI=1S/C20H20N2O4/c1-3-17(13-8-10-14(26-2)11-9-13)21-18(23)12-22-19(24)15-6-4-5-7-16(15)20(22)25/h4-11,17H,3,12H2,1-2H3,(H,21,23)/t17-/m0/s1. The minimum atomic E-state index is -0.432. The molecule has 2 aromatic carbocycles. The Morgan fingerprint density at radius 1 is 1.04 bits per heavy atom. The highest BCUT2D eigenvalue weighted by Crippen LogP contribution is 2.23. The molecule has 2 aromatic rings. The fourth-order valence-corrected chi connectivity index (χ4v) is 3.02. The molecule has 1 aliphatic rings. The molecule has 1 N–H and O–H groups in total. The van der Waals surface area contributed by atoms with Crippen LogP contribution in [0.4, 0.5) is 0 Å². The van der Waals surface area contributed by atoms with Gasteiger partial charge in [-0.05, 0) is 36.2 Å². The third kappa shape index (κ3) is 3.31. The molecule has 0 unspecified atom stereocenters. The molecule has 0 aliphatic carbocycles. The van der Waals surface area contributed by atoms with Gasteiger partial charge in [-0.25, -0.2) is 0 Å². The number of fused-ring (bicyclic) bond motifs is 1. The first-order chi connectivity index (χ1) is 12.5. The van der Waals surface area contributed by atoms with Crippen molar-refractivity contribution in [2.75, 3.05) is 13.7 Å². The highest BCUT2D eigenvalue weighted by atomic mass is 16.5. The summed E-state index contributed by atoms with van der Waals surface area (Å²) in [7, 11) is 1.59. The van der Waals surface area contributed by atoms with Crippen molar-refractivity contribution in [2.24, 2.45) is 0 Å². The Bertz CT molecular complexity index is 810. The number of hydrogen-bond donors (Lipinski definition) is 1. The number of benzene rings is 2. The molecule has 6 heteroatoms. The van der Waals surface area contributed by atoms with Gasteiger partial charge in [-0.1, -0.05) is 31.2 Å². The molecule has 0 spiro atoms. The van der Waals surface area contributed by atoms with Crippen molar-refractivity contribution < 1.29 is 19.1 Å². The van der Waals surface area contributed by atoms with Crippen LogP contribution >= 0.6 is 0 Å². The highest BCUT2D eigenvalue weighted by Gasteiger charge is 2.36. The maximum absolute atomic E-state index is 12.4. The molecular weight excluding hydrogens is 332 g/mol. The lowest BCUT2D eigenvalue weighted by Crippen LogP contribution is -2.41. The highest BCUT2D eigenvalue weighted by molar-refractivity contribution is 6.22. The Labute approximate surface area is 151 Å². The number of hydrogen-bond acceptors (Lipinski definition) is 4. The first-order valence-electron chi connectivity index (χ1n) is 8.43. The molecule has 0 aromatic heterocycles. The fourth-order valence-electron chi connectivity index (χ4n) is 3.02. The third-order valence-corrected chi connectivity index (χ3v) is 4.44. The lowest BCUT2D eigenvalue weighted by atomic mass is 10.0. The van der Waals surface area contributed by atoms with Crippen molar-refractivity contribution in [1.29, 1.82) is 0 Å². The molecule has 0 saturated carbocycles. The van der Waals surface area contributed by atoms with Crippen LogP contribution in [0.5, 0.6) is 5.75 Å². The Kier molecular flexibility index (Phi) is 5.02. The summed E-state index contributed by atoms with van der Waals surface area (Å²) in [4.78, 5) is 38.1. The van der Waals surface area contributed by atoms with Crippen molar-refractivity contribution >= 4 is 17.7 Å². The van der Waals surface area contributed by atoms with Crippen LogP contribution in [0.15, 0.2) is 48.5 Å². The van der Waals surface area contributed by atoms with Gasteiger partial charge in [0.25, 0.3) is 11.8 Å². The molecule has 0 saturated heterocycles. The molecule has 0 radical (unpaired) electrons. The molecule has 0 fully saturated rings. The van der Waals surface area contributed by atoms with Gasteiger partial charge >= 0.3 is 0 Å². The van der Waals surface area contributed by atoms with Crippen LogP contribution in [-0.4, -0.2) is 36.3 Å². The Balaban J connectivity index is 1.68. The monoisotopic (exact) mass is 352 g/mol. The summed E-state index contributed by atoms with van der Waals surface area (Å²) in [6, 6.07) is 13.8. The number of imide groups is 1. The molecule has 26 heavy (non-hydrogen) atoms. The van der Waals surface area contributed by atoms with Crippen LogP contribution < -0.4 is 10.1 Å². The van der Waals surface area contributed by atoms with Gasteiger partial charge in [0.05, 0.1) is 24.3 Å². The molecular formula is C20H20N2O4. The number of amides is 3. The maximum atomic E-state index is 12.4. The summed E-state index contributed by atoms with van der Waals surface area (Å²) >= 11 is 0. The van der Waals surface area contributed by atoms with Gasteiger partial charge in [0.1, 0.15) is 12.3 Å². The number of nitrogens with one attached hydrogen (secondary N) is 1. The SMILES string of the molecule is CC[C@H](NC(=O)CN1C(=O)c2ccccc2C1=O)c1ccc(OC)cc1. The van der Waals surface area contributed by atoms with Crippen LogP contribution in [0.2, 0.25) is 0 Å². The van der Waals surface area contributed by atoms with E-state index < -0.39 is 11.8 Å². The average molecular weight is 352 g/mol. The third-order valence-electron chi connectivity index (χ3n) is 4.44. The van der Waals surface area contributed by atoms with Crippen LogP contribution in [-0.2, 0) is 4.79 Å². The largest absolute Gasteiger partial charge is 0.497 e. The lowest BCUT2D eigenvalue weighted by Gasteiger charge is -2.20. The second-order valence-corrected chi connectivity index (χ2v) is 6.04. The van der Waals surface area contributed by atoms with Crippen LogP contribution in [0.25, 0.3) is 0 Å². The maximum Gasteiger partial charge on any atom is 0.262 e. The smallest absolute Gasteiger partial charge is 0.262 e. The second kappa shape index (κ2) is 7.39. The molecule has 0 bridgehead atoms. The molecule has 1 heterocycles. The predicted octanol–water partition coefficient (Wildman–Crippen LogP) is 2.56. The quantitative estimate of drug-likeness (QED) is 0.811. The summed E-state index contributed by atoms with van der Waals surface area (Å²) in [5, 5.41) is 2.89. The number of carbonyl (C=O) groups excluding carboxylic acids is 3. The van der Waals surface area contributed by atoms with Crippen LogP contribution in [0, 0.1) is 0 Å². The minimum Gasteiger partial charge on any atom is -0.497 e. The van der Waals surface area contributed by atoms with E-state index in [1.807, 2.05) is 31.2 Å². The van der Waals surface area contributed by atoms with Gasteiger partial charge in [-0.15, -0.1) is 0 Å². The summed E-state index contributed by atoms with van der Waals surface area (Å²) in [6.07, 6.45) is 0.681. The zero-order valence-corrected chi connectivity index (χ0v) is 14.7. The van der Waals surface area contributed by atoms with Crippen molar-refractivity contribution in [3.05, 3.63) is 65.2 Å². The van der Waals surface area contributed by atoms with Crippen molar-refractivity contribution in [3.8, 4) is 5.75 Å². The van der Waals surface area contributed by atoms with E-state index in [-0.39, 0.29) is 18.5 Å². The van der Waals surface area contributed by atoms with Gasteiger partial charge < -0.3 is 10.1 Å². The second-order valence-electron chi connectivity index (χ2n) is 6.04. The average Bonchev–Trinajstić information content (AvgIpc) is 2.91. The number of ether oxygens (including phenoxy) is 1. The van der Waals surface area contributed by atoms with E-state index in [9.17, 15) is 14.4 Å². The normalized spacial score (nSPS) is 14.2. The Morgan fingerprint density at radius 2 is 1.62 bits per heavy atom. The molecule has 1 aliphatic heterocycles. The number of rotatable bonds is 6. The van der Waals surface area contributed by atoms with Crippen molar-refractivity contribution in [2.45, 2.75) is 19.4 Å². The van der Waals surface area contributed by atoms with Gasteiger partial charge in [-0.3, -0.25) is 19.3 Å². The number of nitrogens with zero attached hydrogens (tertiary/aromatic N) is 1. The summed E-state index contributed by atoms with van der Waals surface area (Å²) in [6.45, 7) is 1.66. The summed E-state index contributed by atoms with van der Waals surface area (Å²) < 4.78 is 5.14. The van der Waals surface area contributed by atoms with Gasteiger partial charge in [-0.2, -0.15) is 0 Å². The zero-order chi connectivity index (χ0) is 18.7. The first-order valence-corrected chi connectivity index (χ1v) is 8.43. The van der Waals surface area contributed by atoms with E-state index in [1.165, 1.54) is 0 Å². The summed E-state index contributed by atoms with van der Waals surface area (Å²) in [5.41, 5.74) is 1.61. The Morgan fingerprint density at radius 3 is 2.12 bits per heavy atom. The van der Waals surface area contributed by atoms with E-state index in [1.54, 1.807) is 31.4 Å². The lowest BCUT2D eigenvalue weighted by molar-refractivity contribution is -0.122. The van der Waals surface area contributed by atoms with Crippen molar-refractivity contribution in [1.82, 2.24) is 10.2 Å². The zero-order valence-electron chi connectivity index (χ0n) is 14.7. The van der Waals surface area contributed by atoms with E-state index in [0.29, 0.717) is 17.5 Å². The van der Waals surface area contributed by atoms with E-state index in [0.717, 1.165) is 16.2 Å². The Hall–Kier alpha value is -3.15. The molecule has 134 valence electrons. The fraction of sp³-hybridized carbons (Fsp3) is 0.250. The van der Waals surface area contributed by atoms with E-state index >= 15 is 0 Å². The molecule has 3 rings (SSSR count). The van der Waals surface area contributed by atoms with E-state index in [2.05, 4.69) is 5.32 Å². The number of methoxy groups -OCH3 is 1.